The Balaban J connectivity index is 1.63. The Kier molecular flexibility index (Phi) is 5.55. The summed E-state index contributed by atoms with van der Waals surface area (Å²) >= 11 is 0. The fraction of sp³-hybridized carbons (Fsp3) is 0.600. The lowest BCUT2D eigenvalue weighted by molar-refractivity contribution is -0.131. The van der Waals surface area contributed by atoms with Gasteiger partial charge in [-0.25, -0.2) is 17.9 Å². The van der Waals surface area contributed by atoms with Crippen LogP contribution in [0.4, 0.5) is 4.79 Å². The van der Waals surface area contributed by atoms with Crippen molar-refractivity contribution >= 4 is 22.0 Å². The van der Waals surface area contributed by atoms with Crippen LogP contribution in [0, 0.1) is 27.7 Å². The molecular formula is C20H29N3O4S. The number of rotatable bonds is 6. The number of carbonyl (C=O) groups is 2. The maximum absolute atomic E-state index is 12.8. The predicted octanol–water partition coefficient (Wildman–Crippen LogP) is 2.45. The molecular weight excluding hydrogens is 378 g/mol. The van der Waals surface area contributed by atoms with Gasteiger partial charge in [0.2, 0.25) is 10.0 Å². The first kappa shape index (κ1) is 20.8. The third-order valence-corrected chi connectivity index (χ3v) is 7.85. The van der Waals surface area contributed by atoms with Crippen molar-refractivity contribution in [2.45, 2.75) is 70.2 Å². The molecule has 8 heteroatoms. The van der Waals surface area contributed by atoms with Crippen molar-refractivity contribution in [3.63, 3.8) is 0 Å². The first-order valence-electron chi connectivity index (χ1n) is 9.80. The van der Waals surface area contributed by atoms with Gasteiger partial charge in [0.1, 0.15) is 5.54 Å². The van der Waals surface area contributed by atoms with E-state index in [2.05, 4.69) is 10.0 Å². The lowest BCUT2D eigenvalue weighted by Gasteiger charge is -2.20. The molecule has 0 atom stereocenters. The lowest BCUT2D eigenvalue weighted by Crippen LogP contribution is -2.44. The molecule has 0 radical (unpaired) electrons. The molecule has 1 aliphatic carbocycles. The average molecular weight is 408 g/mol. The molecule has 1 aliphatic heterocycles. The zero-order valence-corrected chi connectivity index (χ0v) is 17.8. The summed E-state index contributed by atoms with van der Waals surface area (Å²) in [5, 5.41) is 2.84. The molecule has 1 saturated carbocycles. The number of hydrogen-bond donors (Lipinski definition) is 2. The fourth-order valence-corrected chi connectivity index (χ4v) is 5.98. The number of imide groups is 1. The lowest BCUT2D eigenvalue weighted by atomic mass is 9.98. The van der Waals surface area contributed by atoms with Crippen LogP contribution < -0.4 is 10.0 Å². The molecule has 1 spiro atoms. The van der Waals surface area contributed by atoms with Gasteiger partial charge in [0, 0.05) is 13.1 Å². The summed E-state index contributed by atoms with van der Waals surface area (Å²) < 4.78 is 28.3. The van der Waals surface area contributed by atoms with Crippen molar-refractivity contribution in [1.82, 2.24) is 14.9 Å². The van der Waals surface area contributed by atoms with Crippen LogP contribution in [-0.4, -0.2) is 43.9 Å². The average Bonchev–Trinajstić information content (AvgIpc) is 3.17. The van der Waals surface area contributed by atoms with Gasteiger partial charge in [-0.3, -0.25) is 9.69 Å². The van der Waals surface area contributed by atoms with Crippen molar-refractivity contribution in [3.8, 4) is 0 Å². The van der Waals surface area contributed by atoms with Crippen molar-refractivity contribution in [2.75, 3.05) is 13.1 Å². The number of sulfonamides is 1. The molecule has 1 aromatic rings. The minimum atomic E-state index is -3.67. The Bertz CT molecular complexity index is 892. The highest BCUT2D eigenvalue weighted by Crippen LogP contribution is 2.35. The van der Waals surface area contributed by atoms with E-state index in [1.807, 2.05) is 33.8 Å². The normalized spacial score (nSPS) is 18.9. The van der Waals surface area contributed by atoms with Gasteiger partial charge in [0.15, 0.2) is 0 Å². The van der Waals surface area contributed by atoms with Gasteiger partial charge in [-0.2, -0.15) is 0 Å². The van der Waals surface area contributed by atoms with Crippen LogP contribution in [0.5, 0.6) is 0 Å². The molecule has 3 amide bonds. The standard InChI is InChI=1S/C20H29N3O4S/c1-13-12-14(2)16(4)17(15(13)3)28(26,27)21-10-7-11-23-18(24)20(22-19(23)25)8-5-6-9-20/h12,21H,5-11H2,1-4H3,(H,22,25). The number of aryl methyl sites for hydroxylation is 2. The molecule has 7 nitrogen and oxygen atoms in total. The number of urea groups is 1. The van der Waals surface area contributed by atoms with E-state index in [1.54, 1.807) is 0 Å². The molecule has 0 bridgehead atoms. The van der Waals surface area contributed by atoms with E-state index in [4.69, 9.17) is 0 Å². The molecule has 28 heavy (non-hydrogen) atoms. The Labute approximate surface area is 166 Å². The minimum Gasteiger partial charge on any atom is -0.323 e. The highest BCUT2D eigenvalue weighted by atomic mass is 32.2. The Morgan fingerprint density at radius 3 is 2.21 bits per heavy atom. The second-order valence-electron chi connectivity index (χ2n) is 8.02. The Hall–Kier alpha value is -1.93. The van der Waals surface area contributed by atoms with Crippen molar-refractivity contribution in [3.05, 3.63) is 28.3 Å². The van der Waals surface area contributed by atoms with Crippen LogP contribution in [0.1, 0.15) is 54.4 Å². The molecule has 1 heterocycles. The molecule has 2 N–H and O–H groups in total. The van der Waals surface area contributed by atoms with E-state index < -0.39 is 15.6 Å². The van der Waals surface area contributed by atoms with E-state index in [0.29, 0.717) is 24.2 Å². The molecule has 3 rings (SSSR count). The van der Waals surface area contributed by atoms with Gasteiger partial charge >= 0.3 is 6.03 Å². The minimum absolute atomic E-state index is 0.165. The number of amides is 3. The van der Waals surface area contributed by atoms with Crippen LogP contribution in [0.25, 0.3) is 0 Å². The molecule has 1 saturated heterocycles. The Morgan fingerprint density at radius 2 is 1.64 bits per heavy atom. The third-order valence-electron chi connectivity index (χ3n) is 6.12. The van der Waals surface area contributed by atoms with Crippen LogP contribution in [-0.2, 0) is 14.8 Å². The van der Waals surface area contributed by atoms with E-state index in [-0.39, 0.29) is 25.0 Å². The van der Waals surface area contributed by atoms with Crippen molar-refractivity contribution in [2.24, 2.45) is 0 Å². The highest BCUT2D eigenvalue weighted by molar-refractivity contribution is 7.89. The molecule has 154 valence electrons. The Morgan fingerprint density at radius 1 is 1.07 bits per heavy atom. The molecule has 2 fully saturated rings. The zero-order chi connectivity index (χ0) is 20.7. The summed E-state index contributed by atoms with van der Waals surface area (Å²) in [6.45, 7) is 7.79. The van der Waals surface area contributed by atoms with E-state index in [9.17, 15) is 18.0 Å². The largest absolute Gasteiger partial charge is 0.325 e. The number of nitrogens with zero attached hydrogens (tertiary/aromatic N) is 1. The summed E-state index contributed by atoms with van der Waals surface area (Å²) in [4.78, 5) is 26.4. The summed E-state index contributed by atoms with van der Waals surface area (Å²) in [6, 6.07) is 1.62. The maximum atomic E-state index is 12.8. The number of hydrogen-bond acceptors (Lipinski definition) is 4. The molecule has 2 aliphatic rings. The summed E-state index contributed by atoms with van der Waals surface area (Å²) in [5.74, 6) is -0.168. The maximum Gasteiger partial charge on any atom is 0.325 e. The van der Waals surface area contributed by atoms with Gasteiger partial charge in [-0.15, -0.1) is 0 Å². The summed E-state index contributed by atoms with van der Waals surface area (Å²) in [5.41, 5.74) is 2.64. The highest BCUT2D eigenvalue weighted by Gasteiger charge is 2.52. The van der Waals surface area contributed by atoms with E-state index in [1.165, 1.54) is 4.90 Å². The van der Waals surface area contributed by atoms with Gasteiger partial charge < -0.3 is 5.32 Å². The third kappa shape index (κ3) is 3.55. The smallest absolute Gasteiger partial charge is 0.323 e. The van der Waals surface area contributed by atoms with Crippen LogP contribution in [0.2, 0.25) is 0 Å². The number of carbonyl (C=O) groups excluding carboxylic acids is 2. The number of benzene rings is 1. The van der Waals surface area contributed by atoms with Crippen LogP contribution in [0.3, 0.4) is 0 Å². The molecule has 1 aromatic carbocycles. The second kappa shape index (κ2) is 7.48. The molecule has 0 unspecified atom stereocenters. The van der Waals surface area contributed by atoms with Gasteiger partial charge in [0.25, 0.3) is 5.91 Å². The SMILES string of the molecule is Cc1cc(C)c(C)c(S(=O)(=O)NCCCN2C(=O)NC3(CCCC3)C2=O)c1C. The first-order chi connectivity index (χ1) is 13.1. The predicted molar refractivity (Wildman–Crippen MR) is 107 cm³/mol. The van der Waals surface area contributed by atoms with Gasteiger partial charge in [0.05, 0.1) is 4.90 Å². The molecule has 0 aromatic heterocycles. The quantitative estimate of drug-likeness (QED) is 0.559. The summed E-state index contributed by atoms with van der Waals surface area (Å²) in [6.07, 6.45) is 3.62. The van der Waals surface area contributed by atoms with Gasteiger partial charge in [-0.1, -0.05) is 18.9 Å². The van der Waals surface area contributed by atoms with Gasteiger partial charge in [-0.05, 0) is 69.2 Å². The zero-order valence-electron chi connectivity index (χ0n) is 17.0. The monoisotopic (exact) mass is 407 g/mol. The number of nitrogens with one attached hydrogen (secondary N) is 2. The fourth-order valence-electron chi connectivity index (χ4n) is 4.30. The van der Waals surface area contributed by atoms with Crippen molar-refractivity contribution in [1.29, 1.82) is 0 Å². The topological polar surface area (TPSA) is 95.6 Å². The summed E-state index contributed by atoms with van der Waals surface area (Å²) in [7, 11) is -3.67. The second-order valence-corrected chi connectivity index (χ2v) is 9.72. The van der Waals surface area contributed by atoms with Crippen LogP contribution in [0.15, 0.2) is 11.0 Å². The van der Waals surface area contributed by atoms with E-state index >= 15 is 0 Å². The van der Waals surface area contributed by atoms with Crippen LogP contribution >= 0.6 is 0 Å². The first-order valence-corrected chi connectivity index (χ1v) is 11.3. The van der Waals surface area contributed by atoms with E-state index in [0.717, 1.165) is 35.1 Å². The van der Waals surface area contributed by atoms with Crippen molar-refractivity contribution < 1.29 is 18.0 Å².